The molecule has 1 aromatic carbocycles. The fourth-order valence-electron chi connectivity index (χ4n) is 2.70. The molecular weight excluding hydrogens is 260 g/mol. The number of nitrogens with zero attached hydrogens (tertiary/aromatic N) is 3. The van der Waals surface area contributed by atoms with Gasteiger partial charge in [0.2, 0.25) is 0 Å². The molecule has 0 radical (unpaired) electrons. The summed E-state index contributed by atoms with van der Waals surface area (Å²) >= 11 is 0. The van der Waals surface area contributed by atoms with Gasteiger partial charge in [-0.05, 0) is 31.0 Å². The van der Waals surface area contributed by atoms with E-state index in [4.69, 9.17) is 6.42 Å². The zero-order valence-electron chi connectivity index (χ0n) is 13.2. The molecule has 1 aliphatic rings. The highest BCUT2D eigenvalue weighted by molar-refractivity contribution is 5.80. The molecule has 21 heavy (non-hydrogen) atoms. The highest BCUT2D eigenvalue weighted by Gasteiger charge is 2.20. The minimum Gasteiger partial charge on any atom is -0.368 e. The van der Waals surface area contributed by atoms with Crippen molar-refractivity contribution in [3.8, 4) is 12.3 Å². The second-order valence-corrected chi connectivity index (χ2v) is 5.30. The third-order valence-electron chi connectivity index (χ3n) is 4.06. The van der Waals surface area contributed by atoms with Crippen molar-refractivity contribution in [2.45, 2.75) is 13.8 Å². The number of rotatable bonds is 2. The van der Waals surface area contributed by atoms with Gasteiger partial charge in [0.25, 0.3) is 0 Å². The van der Waals surface area contributed by atoms with Crippen LogP contribution in [0.3, 0.4) is 0 Å². The zero-order valence-corrected chi connectivity index (χ0v) is 13.2. The van der Waals surface area contributed by atoms with Crippen LogP contribution in [0.15, 0.2) is 23.2 Å². The van der Waals surface area contributed by atoms with Crippen molar-refractivity contribution in [2.24, 2.45) is 4.99 Å². The Morgan fingerprint density at radius 3 is 2.62 bits per heavy atom. The van der Waals surface area contributed by atoms with Crippen molar-refractivity contribution in [1.82, 2.24) is 10.2 Å². The van der Waals surface area contributed by atoms with E-state index in [1.165, 1.54) is 16.8 Å². The van der Waals surface area contributed by atoms with Gasteiger partial charge in [0.1, 0.15) is 0 Å². The van der Waals surface area contributed by atoms with Gasteiger partial charge in [-0.1, -0.05) is 18.1 Å². The topological polar surface area (TPSA) is 30.9 Å². The molecule has 1 fully saturated rings. The Balaban J connectivity index is 2.00. The van der Waals surface area contributed by atoms with Gasteiger partial charge in [0.05, 0.1) is 6.54 Å². The number of terminal acetylenes is 1. The Morgan fingerprint density at radius 1 is 1.29 bits per heavy atom. The van der Waals surface area contributed by atoms with E-state index >= 15 is 0 Å². The first kappa shape index (κ1) is 15.2. The van der Waals surface area contributed by atoms with E-state index in [9.17, 15) is 0 Å². The first-order chi connectivity index (χ1) is 10.2. The van der Waals surface area contributed by atoms with Gasteiger partial charge >= 0.3 is 0 Å². The highest BCUT2D eigenvalue weighted by Crippen LogP contribution is 2.23. The highest BCUT2D eigenvalue weighted by atomic mass is 15.3. The number of hydrogen-bond acceptors (Lipinski definition) is 2. The van der Waals surface area contributed by atoms with Crippen molar-refractivity contribution in [3.05, 3.63) is 29.3 Å². The molecule has 0 aromatic heterocycles. The lowest BCUT2D eigenvalue weighted by molar-refractivity contribution is 0.374. The molecule has 0 atom stereocenters. The van der Waals surface area contributed by atoms with E-state index < -0.39 is 0 Å². The molecule has 112 valence electrons. The fourth-order valence-corrected chi connectivity index (χ4v) is 2.70. The molecule has 2 rings (SSSR count). The van der Waals surface area contributed by atoms with Crippen molar-refractivity contribution < 1.29 is 0 Å². The van der Waals surface area contributed by atoms with Gasteiger partial charge in [-0.25, -0.2) is 0 Å². The van der Waals surface area contributed by atoms with Crippen LogP contribution in [0.25, 0.3) is 0 Å². The third kappa shape index (κ3) is 3.49. The third-order valence-corrected chi connectivity index (χ3v) is 4.06. The lowest BCUT2D eigenvalue weighted by atomic mass is 10.1. The molecule has 1 saturated heterocycles. The Hall–Kier alpha value is -2.15. The molecule has 0 aliphatic carbocycles. The first-order valence-electron chi connectivity index (χ1n) is 7.37. The Morgan fingerprint density at radius 2 is 2.00 bits per heavy atom. The smallest absolute Gasteiger partial charge is 0.194 e. The van der Waals surface area contributed by atoms with Crippen LogP contribution in [-0.4, -0.2) is 50.6 Å². The Kier molecular flexibility index (Phi) is 5.10. The van der Waals surface area contributed by atoms with Crippen LogP contribution in [0, 0.1) is 26.2 Å². The minimum atomic E-state index is 0.518. The Bertz CT molecular complexity index is 548. The lowest BCUT2D eigenvalue weighted by Gasteiger charge is -2.38. The summed E-state index contributed by atoms with van der Waals surface area (Å²) in [6.45, 7) is 8.80. The number of aliphatic imine (C=N–C) groups is 1. The number of benzene rings is 1. The molecule has 1 aromatic rings. The standard InChI is InChI=1S/C17H24N4/c1-5-9-19-17(18-4)21-12-10-20(11-13-21)16-8-6-7-14(2)15(16)3/h1,6-8H,9-13H2,2-4H3,(H,18,19). The van der Waals surface area contributed by atoms with E-state index in [1.54, 1.807) is 7.05 Å². The zero-order chi connectivity index (χ0) is 15.2. The van der Waals surface area contributed by atoms with Crippen molar-refractivity contribution >= 4 is 11.6 Å². The SMILES string of the molecule is C#CCNC(=NC)N1CCN(c2cccc(C)c2C)CC1. The van der Waals surface area contributed by atoms with Crippen LogP contribution in [-0.2, 0) is 0 Å². The van der Waals surface area contributed by atoms with Crippen LogP contribution in [0.1, 0.15) is 11.1 Å². The van der Waals surface area contributed by atoms with Crippen LogP contribution < -0.4 is 10.2 Å². The van der Waals surface area contributed by atoms with Crippen LogP contribution in [0.2, 0.25) is 0 Å². The second-order valence-electron chi connectivity index (χ2n) is 5.30. The summed E-state index contributed by atoms with van der Waals surface area (Å²) in [6.07, 6.45) is 5.30. The maximum absolute atomic E-state index is 5.30. The average Bonchev–Trinajstić information content (AvgIpc) is 2.51. The summed E-state index contributed by atoms with van der Waals surface area (Å²) in [4.78, 5) is 9.01. The molecule has 4 nitrogen and oxygen atoms in total. The van der Waals surface area contributed by atoms with Gasteiger partial charge in [-0.15, -0.1) is 6.42 Å². The quantitative estimate of drug-likeness (QED) is 0.509. The number of anilines is 1. The van der Waals surface area contributed by atoms with Gasteiger partial charge in [-0.3, -0.25) is 4.99 Å². The molecule has 0 saturated carbocycles. The lowest BCUT2D eigenvalue weighted by Crippen LogP contribution is -2.52. The van der Waals surface area contributed by atoms with E-state index in [0.717, 1.165) is 32.1 Å². The van der Waals surface area contributed by atoms with Gasteiger partial charge in [0.15, 0.2) is 5.96 Å². The molecule has 1 N–H and O–H groups in total. The number of guanidine groups is 1. The number of nitrogens with one attached hydrogen (secondary N) is 1. The normalized spacial score (nSPS) is 15.8. The van der Waals surface area contributed by atoms with E-state index in [2.05, 4.69) is 58.1 Å². The summed E-state index contributed by atoms with van der Waals surface area (Å²) in [5.74, 6) is 3.49. The molecule has 0 spiro atoms. The van der Waals surface area contributed by atoms with E-state index in [0.29, 0.717) is 6.54 Å². The summed E-state index contributed by atoms with van der Waals surface area (Å²) in [5, 5.41) is 3.19. The van der Waals surface area contributed by atoms with Crippen molar-refractivity contribution in [1.29, 1.82) is 0 Å². The summed E-state index contributed by atoms with van der Waals surface area (Å²) < 4.78 is 0. The summed E-state index contributed by atoms with van der Waals surface area (Å²) in [5.41, 5.74) is 4.07. The van der Waals surface area contributed by atoms with Gasteiger partial charge in [0, 0.05) is 38.9 Å². The van der Waals surface area contributed by atoms with Crippen LogP contribution in [0.5, 0.6) is 0 Å². The van der Waals surface area contributed by atoms with Gasteiger partial charge in [-0.2, -0.15) is 0 Å². The molecule has 1 heterocycles. The Labute approximate surface area is 127 Å². The van der Waals surface area contributed by atoms with Crippen molar-refractivity contribution in [2.75, 3.05) is 44.7 Å². The predicted molar refractivity (Wildman–Crippen MR) is 89.9 cm³/mol. The second kappa shape index (κ2) is 7.03. The maximum atomic E-state index is 5.30. The molecule has 0 amide bonds. The molecule has 1 aliphatic heterocycles. The minimum absolute atomic E-state index is 0.518. The van der Waals surface area contributed by atoms with Crippen LogP contribution in [0.4, 0.5) is 5.69 Å². The van der Waals surface area contributed by atoms with Crippen molar-refractivity contribution in [3.63, 3.8) is 0 Å². The maximum Gasteiger partial charge on any atom is 0.194 e. The van der Waals surface area contributed by atoms with Gasteiger partial charge < -0.3 is 15.1 Å². The van der Waals surface area contributed by atoms with E-state index in [-0.39, 0.29) is 0 Å². The number of aryl methyl sites for hydroxylation is 1. The molecular formula is C17H24N4. The monoisotopic (exact) mass is 284 g/mol. The van der Waals surface area contributed by atoms with E-state index in [1.807, 2.05) is 0 Å². The molecule has 4 heteroatoms. The predicted octanol–water partition coefficient (Wildman–Crippen LogP) is 1.63. The summed E-state index contributed by atoms with van der Waals surface area (Å²) in [6, 6.07) is 6.52. The number of hydrogen-bond donors (Lipinski definition) is 1. The largest absolute Gasteiger partial charge is 0.368 e. The molecule has 0 bridgehead atoms. The number of piperazine rings is 1. The molecule has 0 unspecified atom stereocenters. The van der Waals surface area contributed by atoms with Crippen LogP contribution >= 0.6 is 0 Å². The summed E-state index contributed by atoms with van der Waals surface area (Å²) in [7, 11) is 1.80. The first-order valence-corrected chi connectivity index (χ1v) is 7.37. The average molecular weight is 284 g/mol. The fraction of sp³-hybridized carbons (Fsp3) is 0.471.